The van der Waals surface area contributed by atoms with Gasteiger partial charge in [-0.1, -0.05) is 12.8 Å². The average molecular weight is 325 g/mol. The SMILES string of the molecule is N[C@H]1CC[C@H](CNc2c3c(nc4ccnn24)C2(CCCC2)CC3)C1. The Kier molecular flexibility index (Phi) is 3.34. The molecule has 5 nitrogen and oxygen atoms in total. The predicted molar refractivity (Wildman–Crippen MR) is 95.3 cm³/mol. The molecule has 2 aromatic heterocycles. The summed E-state index contributed by atoms with van der Waals surface area (Å²) in [6, 6.07) is 2.43. The Morgan fingerprint density at radius 3 is 2.92 bits per heavy atom. The zero-order chi connectivity index (χ0) is 16.1. The molecule has 2 heterocycles. The lowest BCUT2D eigenvalue weighted by molar-refractivity contribution is 0.429. The van der Waals surface area contributed by atoms with Crippen LogP contribution in [0.1, 0.15) is 62.6 Å². The summed E-state index contributed by atoms with van der Waals surface area (Å²) in [4.78, 5) is 5.04. The second-order valence-corrected chi connectivity index (χ2v) is 8.20. The van der Waals surface area contributed by atoms with E-state index in [0.29, 0.717) is 17.4 Å². The van der Waals surface area contributed by atoms with Crippen molar-refractivity contribution in [3.05, 3.63) is 23.5 Å². The first-order valence-electron chi connectivity index (χ1n) is 9.62. The third kappa shape index (κ3) is 2.17. The van der Waals surface area contributed by atoms with Gasteiger partial charge in [0.1, 0.15) is 5.82 Å². The van der Waals surface area contributed by atoms with Crippen LogP contribution in [-0.4, -0.2) is 27.2 Å². The summed E-state index contributed by atoms with van der Waals surface area (Å²) in [5, 5.41) is 8.29. The largest absolute Gasteiger partial charge is 0.369 e. The van der Waals surface area contributed by atoms with E-state index in [4.69, 9.17) is 10.7 Å². The molecule has 1 spiro atoms. The third-order valence-electron chi connectivity index (χ3n) is 6.69. The molecule has 3 aliphatic carbocycles. The summed E-state index contributed by atoms with van der Waals surface area (Å²) < 4.78 is 2.02. The minimum atomic E-state index is 0.355. The van der Waals surface area contributed by atoms with Crippen LogP contribution >= 0.6 is 0 Å². The van der Waals surface area contributed by atoms with Gasteiger partial charge in [-0.05, 0) is 50.9 Å². The zero-order valence-corrected chi connectivity index (χ0v) is 14.3. The van der Waals surface area contributed by atoms with Crippen molar-refractivity contribution in [2.75, 3.05) is 11.9 Å². The van der Waals surface area contributed by atoms with Crippen molar-refractivity contribution in [2.45, 2.75) is 69.2 Å². The van der Waals surface area contributed by atoms with E-state index in [2.05, 4.69) is 10.4 Å². The molecule has 3 N–H and O–H groups in total. The maximum Gasteiger partial charge on any atom is 0.157 e. The molecule has 128 valence electrons. The van der Waals surface area contributed by atoms with Gasteiger partial charge in [-0.25, -0.2) is 4.98 Å². The Balaban J connectivity index is 1.51. The molecule has 2 fully saturated rings. The molecule has 0 unspecified atom stereocenters. The van der Waals surface area contributed by atoms with E-state index in [1.807, 2.05) is 16.8 Å². The molecule has 24 heavy (non-hydrogen) atoms. The Labute approximate surface area is 143 Å². The molecule has 0 radical (unpaired) electrons. The van der Waals surface area contributed by atoms with Crippen LogP contribution in [0.3, 0.4) is 0 Å². The van der Waals surface area contributed by atoms with Crippen LogP contribution in [0.5, 0.6) is 0 Å². The molecule has 5 rings (SSSR count). The quantitative estimate of drug-likeness (QED) is 0.910. The van der Waals surface area contributed by atoms with Gasteiger partial charge in [0.2, 0.25) is 0 Å². The van der Waals surface area contributed by atoms with Gasteiger partial charge < -0.3 is 11.1 Å². The van der Waals surface area contributed by atoms with Crippen molar-refractivity contribution in [2.24, 2.45) is 11.7 Å². The van der Waals surface area contributed by atoms with Gasteiger partial charge in [0.15, 0.2) is 5.65 Å². The Bertz CT molecular complexity index is 758. The van der Waals surface area contributed by atoms with Crippen molar-refractivity contribution in [3.8, 4) is 0 Å². The number of aromatic nitrogens is 3. The molecular weight excluding hydrogens is 298 g/mol. The van der Waals surface area contributed by atoms with Crippen LogP contribution in [0.15, 0.2) is 12.3 Å². The van der Waals surface area contributed by atoms with E-state index in [-0.39, 0.29) is 0 Å². The fourth-order valence-electron chi connectivity index (χ4n) is 5.39. The van der Waals surface area contributed by atoms with E-state index < -0.39 is 0 Å². The van der Waals surface area contributed by atoms with Gasteiger partial charge in [-0.2, -0.15) is 9.61 Å². The second kappa shape index (κ2) is 5.45. The number of nitrogens with two attached hydrogens (primary N) is 1. The summed E-state index contributed by atoms with van der Waals surface area (Å²) in [6.07, 6.45) is 13.2. The lowest BCUT2D eigenvalue weighted by atomic mass is 9.83. The van der Waals surface area contributed by atoms with Crippen LogP contribution in [0.4, 0.5) is 5.82 Å². The summed E-state index contributed by atoms with van der Waals surface area (Å²) in [5.74, 6) is 1.89. The number of hydrogen-bond donors (Lipinski definition) is 2. The highest BCUT2D eigenvalue weighted by Crippen LogP contribution is 2.50. The van der Waals surface area contributed by atoms with Crippen molar-refractivity contribution in [3.63, 3.8) is 0 Å². The first-order chi connectivity index (χ1) is 11.8. The van der Waals surface area contributed by atoms with E-state index >= 15 is 0 Å². The van der Waals surface area contributed by atoms with Gasteiger partial charge >= 0.3 is 0 Å². The third-order valence-corrected chi connectivity index (χ3v) is 6.69. The van der Waals surface area contributed by atoms with Gasteiger partial charge in [0.25, 0.3) is 0 Å². The molecule has 3 aliphatic rings. The monoisotopic (exact) mass is 325 g/mol. The molecule has 0 saturated heterocycles. The number of fused-ring (bicyclic) bond motifs is 3. The van der Waals surface area contributed by atoms with Crippen LogP contribution in [0, 0.1) is 5.92 Å². The molecule has 0 amide bonds. The fraction of sp³-hybridized carbons (Fsp3) is 0.684. The van der Waals surface area contributed by atoms with Crippen molar-refractivity contribution in [1.29, 1.82) is 0 Å². The second-order valence-electron chi connectivity index (χ2n) is 8.20. The molecule has 0 aliphatic heterocycles. The maximum atomic E-state index is 6.08. The number of anilines is 1. The highest BCUT2D eigenvalue weighted by Gasteiger charge is 2.44. The predicted octanol–water partition coefficient (Wildman–Crippen LogP) is 3.03. The average Bonchev–Trinajstić information content (AvgIpc) is 3.35. The lowest BCUT2D eigenvalue weighted by Gasteiger charge is -2.24. The van der Waals surface area contributed by atoms with Gasteiger partial charge in [0.05, 0.1) is 11.9 Å². The van der Waals surface area contributed by atoms with E-state index in [1.54, 1.807) is 0 Å². The first-order valence-corrected chi connectivity index (χ1v) is 9.62. The van der Waals surface area contributed by atoms with Crippen molar-refractivity contribution < 1.29 is 0 Å². The normalized spacial score (nSPS) is 28.0. The summed E-state index contributed by atoms with van der Waals surface area (Å²) in [6.45, 7) is 1.01. The summed E-state index contributed by atoms with van der Waals surface area (Å²) in [7, 11) is 0. The molecule has 5 heteroatoms. The Morgan fingerprint density at radius 1 is 1.25 bits per heavy atom. The Hall–Kier alpha value is -1.62. The van der Waals surface area contributed by atoms with Gasteiger partial charge in [-0.15, -0.1) is 0 Å². The summed E-state index contributed by atoms with van der Waals surface area (Å²) in [5.41, 5.74) is 10.2. The van der Waals surface area contributed by atoms with E-state index in [0.717, 1.165) is 25.0 Å². The van der Waals surface area contributed by atoms with Gasteiger partial charge in [0, 0.05) is 29.6 Å². The van der Waals surface area contributed by atoms with Gasteiger partial charge in [-0.3, -0.25) is 0 Å². The topological polar surface area (TPSA) is 68.2 Å². The minimum Gasteiger partial charge on any atom is -0.369 e. The molecule has 0 aromatic carbocycles. The van der Waals surface area contributed by atoms with Crippen LogP contribution in [-0.2, 0) is 11.8 Å². The maximum absolute atomic E-state index is 6.08. The van der Waals surface area contributed by atoms with Crippen LogP contribution in [0.25, 0.3) is 5.65 Å². The number of rotatable bonds is 3. The zero-order valence-electron chi connectivity index (χ0n) is 14.3. The summed E-state index contributed by atoms with van der Waals surface area (Å²) >= 11 is 0. The number of nitrogens with one attached hydrogen (secondary N) is 1. The van der Waals surface area contributed by atoms with Crippen molar-refractivity contribution in [1.82, 2.24) is 14.6 Å². The smallest absolute Gasteiger partial charge is 0.157 e. The molecule has 2 atom stereocenters. The molecule has 2 aromatic rings. The minimum absolute atomic E-state index is 0.355. The van der Waals surface area contributed by atoms with Crippen molar-refractivity contribution >= 4 is 11.5 Å². The standard InChI is InChI=1S/C19H27N5/c20-14-4-3-13(11-14)12-21-18-15-5-9-19(7-1-2-8-19)17(15)23-16-6-10-22-24(16)18/h6,10,13-14,21H,1-5,7-9,11-12,20H2/t13-,14-/m0/s1. The number of hydrogen-bond acceptors (Lipinski definition) is 4. The lowest BCUT2D eigenvalue weighted by Crippen LogP contribution is -2.22. The van der Waals surface area contributed by atoms with Crippen LogP contribution < -0.4 is 11.1 Å². The first kappa shape index (κ1) is 14.7. The molecule has 2 saturated carbocycles. The molecular formula is C19H27N5. The highest BCUT2D eigenvalue weighted by atomic mass is 15.3. The highest BCUT2D eigenvalue weighted by molar-refractivity contribution is 5.59. The fourth-order valence-corrected chi connectivity index (χ4v) is 5.39. The Morgan fingerprint density at radius 2 is 2.12 bits per heavy atom. The van der Waals surface area contributed by atoms with E-state index in [1.165, 1.54) is 62.0 Å². The molecule has 0 bridgehead atoms. The van der Waals surface area contributed by atoms with Crippen LogP contribution in [0.2, 0.25) is 0 Å². The van der Waals surface area contributed by atoms with E-state index in [9.17, 15) is 0 Å². The number of nitrogens with zero attached hydrogens (tertiary/aromatic N) is 3.